The van der Waals surface area contributed by atoms with Crippen LogP contribution in [0.4, 0.5) is 0 Å². The van der Waals surface area contributed by atoms with Gasteiger partial charge >= 0.3 is 0 Å². The fourth-order valence-corrected chi connectivity index (χ4v) is 5.66. The molecule has 0 aromatic heterocycles. The van der Waals surface area contributed by atoms with Crippen LogP contribution >= 0.6 is 0 Å². The highest BCUT2D eigenvalue weighted by molar-refractivity contribution is 5.43. The second-order valence-electron chi connectivity index (χ2n) is 6.98. The summed E-state index contributed by atoms with van der Waals surface area (Å²) in [6, 6.07) is 8.94. The number of hydrogen-bond acceptors (Lipinski definition) is 1. The summed E-state index contributed by atoms with van der Waals surface area (Å²) in [5.74, 6) is 3.44. The lowest BCUT2D eigenvalue weighted by atomic mass is 9.92. The first kappa shape index (κ1) is 10.0. The number of hydrogen-bond donors (Lipinski definition) is 1. The number of aliphatic hydroxyl groups is 1. The SMILES string of the molecule is OC1(C2C3CCc4ccccc4C32)C2CCCC21. The minimum absolute atomic E-state index is 0.245. The molecule has 18 heavy (non-hydrogen) atoms. The van der Waals surface area contributed by atoms with Gasteiger partial charge in [-0.25, -0.2) is 0 Å². The Labute approximate surface area is 108 Å². The Kier molecular flexibility index (Phi) is 1.68. The van der Waals surface area contributed by atoms with Gasteiger partial charge < -0.3 is 5.11 Å². The normalized spacial score (nSPS) is 51.3. The predicted molar refractivity (Wildman–Crippen MR) is 70.3 cm³/mol. The summed E-state index contributed by atoms with van der Waals surface area (Å²) in [5.41, 5.74) is 2.87. The van der Waals surface area contributed by atoms with E-state index in [9.17, 15) is 5.11 Å². The highest BCUT2D eigenvalue weighted by Crippen LogP contribution is 2.76. The van der Waals surface area contributed by atoms with E-state index in [1.54, 1.807) is 11.1 Å². The molecule has 1 heteroatoms. The third kappa shape index (κ3) is 1.00. The number of rotatable bonds is 1. The van der Waals surface area contributed by atoms with Gasteiger partial charge in [-0.05, 0) is 66.4 Å². The quantitative estimate of drug-likeness (QED) is 0.799. The summed E-state index contributed by atoms with van der Waals surface area (Å²) in [6.45, 7) is 0. The fraction of sp³-hybridized carbons (Fsp3) is 0.647. The molecule has 1 aromatic rings. The Hall–Kier alpha value is -0.820. The first-order valence-corrected chi connectivity index (χ1v) is 7.62. The summed E-state index contributed by atoms with van der Waals surface area (Å²) in [7, 11) is 0. The van der Waals surface area contributed by atoms with Crippen molar-refractivity contribution in [3.8, 4) is 0 Å². The van der Waals surface area contributed by atoms with E-state index in [1.807, 2.05) is 0 Å². The highest BCUT2D eigenvalue weighted by Gasteiger charge is 2.77. The number of aryl methyl sites for hydroxylation is 1. The van der Waals surface area contributed by atoms with Crippen molar-refractivity contribution in [2.75, 3.05) is 0 Å². The maximum Gasteiger partial charge on any atom is 0.0748 e. The van der Waals surface area contributed by atoms with Crippen LogP contribution in [0.5, 0.6) is 0 Å². The second kappa shape index (κ2) is 3.01. The molecule has 3 saturated carbocycles. The molecular weight excluding hydrogens is 220 g/mol. The average Bonchev–Trinajstić information content (AvgIpc) is 3.18. The van der Waals surface area contributed by atoms with E-state index in [4.69, 9.17) is 0 Å². The molecule has 0 aliphatic heterocycles. The van der Waals surface area contributed by atoms with Gasteiger partial charge in [-0.15, -0.1) is 0 Å². The van der Waals surface area contributed by atoms with Gasteiger partial charge in [0.25, 0.3) is 0 Å². The highest BCUT2D eigenvalue weighted by atomic mass is 16.3. The Morgan fingerprint density at radius 1 is 1.06 bits per heavy atom. The van der Waals surface area contributed by atoms with Gasteiger partial charge in [-0.1, -0.05) is 30.7 Å². The molecule has 1 aromatic carbocycles. The van der Waals surface area contributed by atoms with Crippen LogP contribution in [0.3, 0.4) is 0 Å². The molecule has 0 spiro atoms. The second-order valence-corrected chi connectivity index (χ2v) is 6.98. The first-order chi connectivity index (χ1) is 8.82. The van der Waals surface area contributed by atoms with Gasteiger partial charge in [0.1, 0.15) is 0 Å². The van der Waals surface area contributed by atoms with Crippen LogP contribution in [-0.4, -0.2) is 10.7 Å². The Morgan fingerprint density at radius 2 is 1.83 bits per heavy atom. The molecule has 3 fully saturated rings. The maximum absolute atomic E-state index is 11.0. The predicted octanol–water partition coefficient (Wildman–Crippen LogP) is 3.12. The van der Waals surface area contributed by atoms with E-state index in [0.29, 0.717) is 23.7 Å². The molecule has 4 aliphatic rings. The van der Waals surface area contributed by atoms with Crippen molar-refractivity contribution >= 4 is 0 Å². The van der Waals surface area contributed by atoms with Gasteiger partial charge in [0.15, 0.2) is 0 Å². The van der Waals surface area contributed by atoms with Crippen LogP contribution in [0.1, 0.15) is 42.7 Å². The largest absolute Gasteiger partial charge is 0.389 e. The molecule has 94 valence electrons. The summed E-state index contributed by atoms with van der Waals surface area (Å²) in [6.07, 6.45) is 6.49. The van der Waals surface area contributed by atoms with E-state index in [-0.39, 0.29) is 5.60 Å². The molecular formula is C17H20O. The van der Waals surface area contributed by atoms with Crippen molar-refractivity contribution in [3.63, 3.8) is 0 Å². The molecule has 5 rings (SSSR count). The van der Waals surface area contributed by atoms with Gasteiger partial charge in [0, 0.05) is 0 Å². The van der Waals surface area contributed by atoms with E-state index >= 15 is 0 Å². The van der Waals surface area contributed by atoms with Crippen LogP contribution < -0.4 is 0 Å². The van der Waals surface area contributed by atoms with Crippen LogP contribution in [0.2, 0.25) is 0 Å². The van der Waals surface area contributed by atoms with Crippen LogP contribution in [0.15, 0.2) is 24.3 Å². The molecule has 0 amide bonds. The smallest absolute Gasteiger partial charge is 0.0748 e. The summed E-state index contributed by atoms with van der Waals surface area (Å²) < 4.78 is 0. The Balaban J connectivity index is 1.51. The lowest BCUT2D eigenvalue weighted by molar-refractivity contribution is 0.0754. The summed E-state index contributed by atoms with van der Waals surface area (Å²) >= 11 is 0. The standard InChI is InChI=1S/C17H20O/c18-17(13-6-3-7-14(13)17)16-12-9-8-10-4-1-2-5-11(10)15(12)16/h1-2,4-5,12-16,18H,3,6-9H2. The monoisotopic (exact) mass is 240 g/mol. The van der Waals surface area contributed by atoms with Gasteiger partial charge in [0.2, 0.25) is 0 Å². The molecule has 0 heterocycles. The number of fused-ring (bicyclic) bond motifs is 4. The van der Waals surface area contributed by atoms with Crippen LogP contribution in [0, 0.1) is 23.7 Å². The van der Waals surface area contributed by atoms with Crippen molar-refractivity contribution in [2.24, 2.45) is 23.7 Å². The van der Waals surface area contributed by atoms with Crippen molar-refractivity contribution in [1.82, 2.24) is 0 Å². The zero-order valence-electron chi connectivity index (χ0n) is 10.7. The third-order valence-corrected chi connectivity index (χ3v) is 6.46. The molecule has 5 unspecified atom stereocenters. The van der Waals surface area contributed by atoms with Crippen LogP contribution in [0.25, 0.3) is 0 Å². The first-order valence-electron chi connectivity index (χ1n) is 7.62. The zero-order valence-corrected chi connectivity index (χ0v) is 10.7. The van der Waals surface area contributed by atoms with Crippen molar-refractivity contribution in [2.45, 2.75) is 43.6 Å². The third-order valence-electron chi connectivity index (χ3n) is 6.46. The van der Waals surface area contributed by atoms with Crippen molar-refractivity contribution in [1.29, 1.82) is 0 Å². The Bertz CT molecular complexity index is 510. The molecule has 5 atom stereocenters. The van der Waals surface area contributed by atoms with Crippen molar-refractivity contribution < 1.29 is 5.11 Å². The van der Waals surface area contributed by atoms with Crippen molar-refractivity contribution in [3.05, 3.63) is 35.4 Å². The molecule has 0 bridgehead atoms. The van der Waals surface area contributed by atoms with Gasteiger partial charge in [0.05, 0.1) is 5.60 Å². The van der Waals surface area contributed by atoms with E-state index in [2.05, 4.69) is 24.3 Å². The summed E-state index contributed by atoms with van der Waals surface area (Å²) in [5, 5.41) is 11.0. The van der Waals surface area contributed by atoms with Gasteiger partial charge in [-0.3, -0.25) is 0 Å². The van der Waals surface area contributed by atoms with Gasteiger partial charge in [-0.2, -0.15) is 0 Å². The van der Waals surface area contributed by atoms with Crippen LogP contribution in [-0.2, 0) is 6.42 Å². The maximum atomic E-state index is 11.0. The van der Waals surface area contributed by atoms with E-state index < -0.39 is 0 Å². The summed E-state index contributed by atoms with van der Waals surface area (Å²) in [4.78, 5) is 0. The molecule has 4 aliphatic carbocycles. The molecule has 0 radical (unpaired) electrons. The fourth-order valence-electron chi connectivity index (χ4n) is 5.66. The average molecular weight is 240 g/mol. The number of benzene rings is 1. The zero-order chi connectivity index (χ0) is 11.9. The van der Waals surface area contributed by atoms with E-state index in [1.165, 1.54) is 32.1 Å². The lowest BCUT2D eigenvalue weighted by Crippen LogP contribution is -2.20. The minimum Gasteiger partial charge on any atom is -0.389 e. The lowest BCUT2D eigenvalue weighted by Gasteiger charge is -2.14. The molecule has 1 N–H and O–H groups in total. The van der Waals surface area contributed by atoms with E-state index in [0.717, 1.165) is 5.92 Å². The molecule has 0 saturated heterocycles. The topological polar surface area (TPSA) is 20.2 Å². The minimum atomic E-state index is -0.245. The molecule has 1 nitrogen and oxygen atoms in total. The Morgan fingerprint density at radius 3 is 2.67 bits per heavy atom.